The highest BCUT2D eigenvalue weighted by Crippen LogP contribution is 2.28. The zero-order valence-corrected chi connectivity index (χ0v) is 15.4. The van der Waals surface area contributed by atoms with Crippen molar-refractivity contribution >= 4 is 29.0 Å². The molecule has 4 heteroatoms. The van der Waals surface area contributed by atoms with E-state index >= 15 is 0 Å². The Morgan fingerprint density at radius 2 is 1.89 bits per heavy atom. The number of carbonyl (C=O) groups excluding carboxylic acids is 1. The van der Waals surface area contributed by atoms with Crippen molar-refractivity contribution in [3.05, 3.63) is 78.0 Å². The van der Waals surface area contributed by atoms with Crippen molar-refractivity contribution in [2.24, 2.45) is 0 Å². The van der Waals surface area contributed by atoms with Crippen LogP contribution in [0.25, 0.3) is 23.1 Å². The van der Waals surface area contributed by atoms with Crippen LogP contribution in [0.15, 0.2) is 66.9 Å². The summed E-state index contributed by atoms with van der Waals surface area (Å²) in [7, 11) is 0. The van der Waals surface area contributed by atoms with Crippen LogP contribution in [0.4, 0.5) is 0 Å². The molecule has 1 aromatic heterocycles. The molecule has 27 heavy (non-hydrogen) atoms. The first-order valence-electron chi connectivity index (χ1n) is 8.75. The lowest BCUT2D eigenvalue weighted by molar-refractivity contribution is -0.130. The molecular weight excluding hydrogens is 338 g/mol. The van der Waals surface area contributed by atoms with Crippen molar-refractivity contribution in [2.45, 2.75) is 13.8 Å². The van der Waals surface area contributed by atoms with Crippen molar-refractivity contribution in [1.82, 2.24) is 4.98 Å². The molecule has 0 radical (unpaired) electrons. The van der Waals surface area contributed by atoms with E-state index in [1.807, 2.05) is 55.5 Å². The summed E-state index contributed by atoms with van der Waals surface area (Å²) in [5.74, 6) is 0.626. The third-order valence-corrected chi connectivity index (χ3v) is 3.97. The van der Waals surface area contributed by atoms with Gasteiger partial charge in [-0.15, -0.1) is 0 Å². The number of hydrogen-bond acceptors (Lipinski definition) is 4. The van der Waals surface area contributed by atoms with Gasteiger partial charge in [0, 0.05) is 28.8 Å². The maximum absolute atomic E-state index is 11.7. The van der Waals surface area contributed by atoms with Gasteiger partial charge in [-0.2, -0.15) is 0 Å². The highest BCUT2D eigenvalue weighted by molar-refractivity contribution is 5.91. The van der Waals surface area contributed by atoms with E-state index in [-0.39, 0.29) is 0 Å². The Bertz CT molecular complexity index is 1020. The largest absolute Gasteiger partial charge is 0.493 e. The summed E-state index contributed by atoms with van der Waals surface area (Å²) < 4.78 is 11.0. The summed E-state index contributed by atoms with van der Waals surface area (Å²) in [5.41, 5.74) is 3.27. The fourth-order valence-corrected chi connectivity index (χ4v) is 2.63. The molecule has 0 atom stereocenters. The average Bonchev–Trinajstić information content (AvgIpc) is 2.67. The van der Waals surface area contributed by atoms with Gasteiger partial charge in [0.05, 0.1) is 12.1 Å². The Morgan fingerprint density at radius 3 is 2.67 bits per heavy atom. The number of pyridine rings is 1. The molecule has 0 aliphatic heterocycles. The predicted molar refractivity (Wildman–Crippen MR) is 109 cm³/mol. The Balaban J connectivity index is 1.92. The number of rotatable bonds is 6. The molecule has 0 saturated heterocycles. The molecule has 136 valence electrons. The number of esters is 1. The zero-order valence-electron chi connectivity index (χ0n) is 15.4. The summed E-state index contributed by atoms with van der Waals surface area (Å²) in [4.78, 5) is 16.1. The monoisotopic (exact) mass is 359 g/mol. The minimum Gasteiger partial charge on any atom is -0.493 e. The summed E-state index contributed by atoms with van der Waals surface area (Å²) in [6.45, 7) is 7.63. The third kappa shape index (κ3) is 4.42. The van der Waals surface area contributed by atoms with E-state index in [0.717, 1.165) is 22.0 Å². The molecule has 4 nitrogen and oxygen atoms in total. The quantitative estimate of drug-likeness (QED) is 0.341. The highest BCUT2D eigenvalue weighted by atomic mass is 16.5. The third-order valence-electron chi connectivity index (χ3n) is 3.97. The normalized spacial score (nSPS) is 10.9. The number of para-hydroxylation sites is 1. The highest BCUT2D eigenvalue weighted by Gasteiger charge is 2.09. The Hall–Kier alpha value is -3.40. The number of fused-ring (bicyclic) bond motifs is 1. The first-order chi connectivity index (χ1) is 13.1. The van der Waals surface area contributed by atoms with E-state index in [9.17, 15) is 4.79 Å². The lowest BCUT2D eigenvalue weighted by Crippen LogP contribution is -2.08. The molecule has 0 saturated carbocycles. The molecule has 2 aromatic carbocycles. The second-order valence-corrected chi connectivity index (χ2v) is 6.05. The standard InChI is InChI=1S/C23H21NO3/c1-4-26-22-15-19(27-23(25)16(2)3)12-11-18(22)10-9-17-13-14-24-21-8-6-5-7-20(17)21/h5-15H,2,4H2,1,3H3. The van der Waals surface area contributed by atoms with Crippen molar-refractivity contribution in [1.29, 1.82) is 0 Å². The molecule has 1 heterocycles. The minimum absolute atomic E-state index is 0.349. The second-order valence-electron chi connectivity index (χ2n) is 6.05. The summed E-state index contributed by atoms with van der Waals surface area (Å²) in [6, 6.07) is 15.3. The van der Waals surface area contributed by atoms with Gasteiger partial charge in [-0.3, -0.25) is 4.98 Å². The van der Waals surface area contributed by atoms with Crippen molar-refractivity contribution in [3.63, 3.8) is 0 Å². The molecule has 0 amide bonds. The predicted octanol–water partition coefficient (Wildman–Crippen LogP) is 5.29. The molecule has 0 fully saturated rings. The number of nitrogens with zero attached hydrogens (tertiary/aromatic N) is 1. The number of hydrogen-bond donors (Lipinski definition) is 0. The van der Waals surface area contributed by atoms with E-state index in [4.69, 9.17) is 9.47 Å². The van der Waals surface area contributed by atoms with Gasteiger partial charge >= 0.3 is 5.97 Å². The maximum Gasteiger partial charge on any atom is 0.338 e. The van der Waals surface area contributed by atoms with E-state index in [2.05, 4.69) is 11.6 Å². The molecule has 0 unspecified atom stereocenters. The second kappa shape index (κ2) is 8.32. The number of ether oxygens (including phenoxy) is 2. The van der Waals surface area contributed by atoms with Crippen molar-refractivity contribution in [3.8, 4) is 11.5 Å². The molecule has 0 spiro atoms. The molecule has 0 N–H and O–H groups in total. The molecule has 0 aliphatic rings. The zero-order chi connectivity index (χ0) is 19.2. The van der Waals surface area contributed by atoms with Crippen molar-refractivity contribution < 1.29 is 14.3 Å². The first kappa shape index (κ1) is 18.4. The van der Waals surface area contributed by atoms with Gasteiger partial charge in [0.25, 0.3) is 0 Å². The van der Waals surface area contributed by atoms with Crippen LogP contribution in [0.1, 0.15) is 25.0 Å². The lowest BCUT2D eigenvalue weighted by atomic mass is 10.1. The van der Waals surface area contributed by atoms with Crippen molar-refractivity contribution in [2.75, 3.05) is 6.61 Å². The minimum atomic E-state index is -0.455. The topological polar surface area (TPSA) is 48.4 Å². The lowest BCUT2D eigenvalue weighted by Gasteiger charge is -2.10. The van der Waals surface area contributed by atoms with Crippen LogP contribution >= 0.6 is 0 Å². The maximum atomic E-state index is 11.7. The van der Waals surface area contributed by atoms with Crippen LogP contribution in [0.3, 0.4) is 0 Å². The molecule has 0 bridgehead atoms. The van der Waals surface area contributed by atoms with Crippen LogP contribution in [0.5, 0.6) is 11.5 Å². The van der Waals surface area contributed by atoms with Gasteiger partial charge in [-0.05, 0) is 43.7 Å². The molecule has 0 aliphatic carbocycles. The van der Waals surface area contributed by atoms with E-state index < -0.39 is 5.97 Å². The van der Waals surface area contributed by atoms with Crippen LogP contribution in [0.2, 0.25) is 0 Å². The summed E-state index contributed by atoms with van der Waals surface area (Å²) in [6.07, 6.45) is 5.81. The molecular formula is C23H21NO3. The fourth-order valence-electron chi connectivity index (χ4n) is 2.63. The van der Waals surface area contributed by atoms with E-state index in [1.54, 1.807) is 25.3 Å². The van der Waals surface area contributed by atoms with E-state index in [1.165, 1.54) is 0 Å². The van der Waals surface area contributed by atoms with E-state index in [0.29, 0.717) is 23.7 Å². The van der Waals surface area contributed by atoms with Gasteiger partial charge < -0.3 is 9.47 Å². The smallest absolute Gasteiger partial charge is 0.338 e. The van der Waals surface area contributed by atoms with Crippen LogP contribution in [0, 0.1) is 0 Å². The van der Waals surface area contributed by atoms with Crippen LogP contribution < -0.4 is 9.47 Å². The fraction of sp³-hybridized carbons (Fsp3) is 0.130. The van der Waals surface area contributed by atoms with Crippen LogP contribution in [-0.4, -0.2) is 17.6 Å². The SMILES string of the molecule is C=C(C)C(=O)Oc1ccc(C=Cc2ccnc3ccccc23)c(OCC)c1. The first-order valence-corrected chi connectivity index (χ1v) is 8.75. The van der Waals surface area contributed by atoms with Gasteiger partial charge in [0.15, 0.2) is 0 Å². The number of benzene rings is 2. The van der Waals surface area contributed by atoms with Gasteiger partial charge in [-0.25, -0.2) is 4.79 Å². The number of aromatic nitrogens is 1. The van der Waals surface area contributed by atoms with Gasteiger partial charge in [-0.1, -0.05) is 36.9 Å². The molecule has 3 aromatic rings. The van der Waals surface area contributed by atoms with Gasteiger partial charge in [0.1, 0.15) is 11.5 Å². The number of carbonyl (C=O) groups is 1. The molecule has 3 rings (SSSR count). The Morgan fingerprint density at radius 1 is 1.11 bits per heavy atom. The average molecular weight is 359 g/mol. The Kier molecular flexibility index (Phi) is 5.67. The van der Waals surface area contributed by atoms with Gasteiger partial charge in [0.2, 0.25) is 0 Å². The summed E-state index contributed by atoms with van der Waals surface area (Å²) >= 11 is 0. The summed E-state index contributed by atoms with van der Waals surface area (Å²) in [5, 5.41) is 1.08. The van der Waals surface area contributed by atoms with Crippen LogP contribution in [-0.2, 0) is 4.79 Å². The Labute approximate surface area is 158 Å².